The van der Waals surface area contributed by atoms with Crippen LogP contribution in [0.15, 0.2) is 0 Å². The first-order valence-electron chi connectivity index (χ1n) is 5.83. The molecule has 90 valence electrons. The van der Waals surface area contributed by atoms with E-state index in [0.717, 1.165) is 12.8 Å². The summed E-state index contributed by atoms with van der Waals surface area (Å²) in [4.78, 5) is 13.6. The highest BCUT2D eigenvalue weighted by molar-refractivity contribution is 5.78. The summed E-state index contributed by atoms with van der Waals surface area (Å²) in [7, 11) is 0. The van der Waals surface area contributed by atoms with Crippen molar-refractivity contribution in [1.29, 1.82) is 0 Å². The van der Waals surface area contributed by atoms with Crippen molar-refractivity contribution in [2.45, 2.75) is 31.7 Å². The Bertz CT molecular complexity index is 254. The molecule has 0 aromatic carbocycles. The fourth-order valence-corrected chi connectivity index (χ4v) is 2.18. The van der Waals surface area contributed by atoms with E-state index in [1.165, 1.54) is 12.8 Å². The predicted octanol–water partition coefficient (Wildman–Crippen LogP) is -0.0273. The van der Waals surface area contributed by atoms with Gasteiger partial charge in [0.05, 0.1) is 19.7 Å². The summed E-state index contributed by atoms with van der Waals surface area (Å²) in [5.74, 6) is 2.32. The topological polar surface area (TPSA) is 52.6 Å². The highest BCUT2D eigenvalue weighted by atomic mass is 16.3. The molecule has 0 unspecified atom stereocenters. The molecular formula is C12H20N2O2. The van der Waals surface area contributed by atoms with Crippen molar-refractivity contribution in [3.8, 4) is 12.3 Å². The van der Waals surface area contributed by atoms with E-state index in [9.17, 15) is 4.79 Å². The van der Waals surface area contributed by atoms with Crippen LogP contribution in [0.5, 0.6) is 0 Å². The molecule has 2 N–H and O–H groups in total. The van der Waals surface area contributed by atoms with E-state index in [2.05, 4.69) is 16.1 Å². The summed E-state index contributed by atoms with van der Waals surface area (Å²) in [5, 5.41) is 11.6. The lowest BCUT2D eigenvalue weighted by atomic mass is 10.2. The van der Waals surface area contributed by atoms with Crippen molar-refractivity contribution >= 4 is 5.91 Å². The molecule has 1 aliphatic rings. The van der Waals surface area contributed by atoms with Crippen LogP contribution >= 0.6 is 0 Å². The van der Waals surface area contributed by atoms with E-state index in [-0.39, 0.29) is 19.1 Å². The standard InChI is InChI=1S/C12H20N2O2/c1-2-7-13-12(16)10-14(8-9-15)11-5-3-4-6-11/h1,11,15H,3-10H2,(H,13,16). The second kappa shape index (κ2) is 7.26. The highest BCUT2D eigenvalue weighted by Crippen LogP contribution is 2.22. The zero-order valence-electron chi connectivity index (χ0n) is 9.61. The summed E-state index contributed by atoms with van der Waals surface area (Å²) < 4.78 is 0. The minimum absolute atomic E-state index is 0.0571. The molecule has 4 heteroatoms. The molecule has 0 aromatic rings. The Balaban J connectivity index is 2.37. The number of carbonyl (C=O) groups is 1. The number of carbonyl (C=O) groups excluding carboxylic acids is 1. The molecular weight excluding hydrogens is 204 g/mol. The third-order valence-electron chi connectivity index (χ3n) is 2.96. The van der Waals surface area contributed by atoms with Crippen LogP contribution in [-0.2, 0) is 4.79 Å². The molecule has 0 aliphatic heterocycles. The van der Waals surface area contributed by atoms with Gasteiger partial charge in [-0.3, -0.25) is 9.69 Å². The summed E-state index contributed by atoms with van der Waals surface area (Å²) in [5.41, 5.74) is 0. The summed E-state index contributed by atoms with van der Waals surface area (Å²) >= 11 is 0. The second-order valence-electron chi connectivity index (χ2n) is 4.11. The van der Waals surface area contributed by atoms with Gasteiger partial charge in [0.2, 0.25) is 5.91 Å². The number of terminal acetylenes is 1. The molecule has 0 saturated heterocycles. The van der Waals surface area contributed by atoms with Gasteiger partial charge in [0.1, 0.15) is 0 Å². The van der Waals surface area contributed by atoms with E-state index in [0.29, 0.717) is 19.1 Å². The SMILES string of the molecule is C#CCNC(=O)CN(CCO)C1CCCC1. The van der Waals surface area contributed by atoms with Gasteiger partial charge in [-0.05, 0) is 12.8 Å². The van der Waals surface area contributed by atoms with Crippen LogP contribution in [0.2, 0.25) is 0 Å². The fraction of sp³-hybridized carbons (Fsp3) is 0.750. The number of hydrogen-bond acceptors (Lipinski definition) is 3. The van der Waals surface area contributed by atoms with Gasteiger partial charge in [0.15, 0.2) is 0 Å². The van der Waals surface area contributed by atoms with Gasteiger partial charge in [0.25, 0.3) is 0 Å². The monoisotopic (exact) mass is 224 g/mol. The number of nitrogens with zero attached hydrogens (tertiary/aromatic N) is 1. The Morgan fingerprint density at radius 2 is 2.19 bits per heavy atom. The van der Waals surface area contributed by atoms with Crippen LogP contribution in [0.25, 0.3) is 0 Å². The number of aliphatic hydroxyl groups is 1. The van der Waals surface area contributed by atoms with E-state index in [4.69, 9.17) is 11.5 Å². The van der Waals surface area contributed by atoms with Crippen molar-refractivity contribution in [3.05, 3.63) is 0 Å². The Morgan fingerprint density at radius 1 is 1.50 bits per heavy atom. The van der Waals surface area contributed by atoms with Crippen molar-refractivity contribution in [3.63, 3.8) is 0 Å². The maximum Gasteiger partial charge on any atom is 0.234 e. The fourth-order valence-electron chi connectivity index (χ4n) is 2.18. The van der Waals surface area contributed by atoms with Crippen LogP contribution < -0.4 is 5.32 Å². The quantitative estimate of drug-likeness (QED) is 0.623. The third kappa shape index (κ3) is 4.21. The molecule has 1 aliphatic carbocycles. The average molecular weight is 224 g/mol. The van der Waals surface area contributed by atoms with E-state index in [1.54, 1.807) is 0 Å². The van der Waals surface area contributed by atoms with E-state index in [1.807, 2.05) is 0 Å². The number of amides is 1. The molecule has 0 bridgehead atoms. The Labute approximate surface area is 97.0 Å². The van der Waals surface area contributed by atoms with Gasteiger partial charge in [-0.1, -0.05) is 18.8 Å². The van der Waals surface area contributed by atoms with Crippen molar-refractivity contribution in [1.82, 2.24) is 10.2 Å². The largest absolute Gasteiger partial charge is 0.395 e. The molecule has 0 radical (unpaired) electrons. The van der Waals surface area contributed by atoms with Gasteiger partial charge in [0, 0.05) is 12.6 Å². The van der Waals surface area contributed by atoms with Crippen LogP contribution in [0.4, 0.5) is 0 Å². The summed E-state index contributed by atoms with van der Waals surface area (Å²) in [6.07, 6.45) is 9.77. The van der Waals surface area contributed by atoms with E-state index >= 15 is 0 Å². The Hall–Kier alpha value is -1.05. The van der Waals surface area contributed by atoms with Crippen molar-refractivity contribution in [2.75, 3.05) is 26.2 Å². The van der Waals surface area contributed by atoms with Crippen molar-refractivity contribution in [2.24, 2.45) is 0 Å². The Morgan fingerprint density at radius 3 is 2.75 bits per heavy atom. The smallest absolute Gasteiger partial charge is 0.234 e. The lowest BCUT2D eigenvalue weighted by Gasteiger charge is -2.27. The van der Waals surface area contributed by atoms with Crippen molar-refractivity contribution < 1.29 is 9.90 Å². The van der Waals surface area contributed by atoms with E-state index < -0.39 is 0 Å². The van der Waals surface area contributed by atoms with Gasteiger partial charge in [-0.2, -0.15) is 0 Å². The molecule has 1 fully saturated rings. The second-order valence-corrected chi connectivity index (χ2v) is 4.11. The molecule has 0 atom stereocenters. The van der Waals surface area contributed by atoms with Crippen LogP contribution in [0.1, 0.15) is 25.7 Å². The first-order valence-corrected chi connectivity index (χ1v) is 5.83. The van der Waals surface area contributed by atoms with Crippen LogP contribution in [0.3, 0.4) is 0 Å². The molecule has 1 amide bonds. The minimum atomic E-state index is -0.0571. The number of hydrogen-bond donors (Lipinski definition) is 2. The van der Waals surface area contributed by atoms with Crippen LogP contribution in [0, 0.1) is 12.3 Å². The highest BCUT2D eigenvalue weighted by Gasteiger charge is 2.23. The average Bonchev–Trinajstić information content (AvgIpc) is 2.79. The summed E-state index contributed by atoms with van der Waals surface area (Å²) in [6, 6.07) is 0.448. The first-order chi connectivity index (χ1) is 7.77. The molecule has 0 aromatic heterocycles. The molecule has 16 heavy (non-hydrogen) atoms. The zero-order chi connectivity index (χ0) is 11.8. The maximum absolute atomic E-state index is 11.5. The van der Waals surface area contributed by atoms with Gasteiger partial charge < -0.3 is 10.4 Å². The first kappa shape index (κ1) is 13.0. The summed E-state index contributed by atoms with van der Waals surface area (Å²) in [6.45, 7) is 1.27. The lowest BCUT2D eigenvalue weighted by Crippen LogP contribution is -2.43. The molecule has 1 rings (SSSR count). The predicted molar refractivity (Wildman–Crippen MR) is 62.8 cm³/mol. The minimum Gasteiger partial charge on any atom is -0.395 e. The van der Waals surface area contributed by atoms with Crippen LogP contribution in [-0.4, -0.2) is 48.2 Å². The molecule has 0 heterocycles. The molecule has 1 saturated carbocycles. The number of nitrogens with one attached hydrogen (secondary N) is 1. The lowest BCUT2D eigenvalue weighted by molar-refractivity contribution is -0.122. The maximum atomic E-state index is 11.5. The number of aliphatic hydroxyl groups excluding tert-OH is 1. The molecule has 0 spiro atoms. The normalized spacial score (nSPS) is 16.3. The number of rotatable bonds is 6. The Kier molecular flexibility index (Phi) is 5.91. The third-order valence-corrected chi connectivity index (χ3v) is 2.96. The zero-order valence-corrected chi connectivity index (χ0v) is 9.61. The van der Waals surface area contributed by atoms with Gasteiger partial charge >= 0.3 is 0 Å². The van der Waals surface area contributed by atoms with Gasteiger partial charge in [-0.15, -0.1) is 6.42 Å². The van der Waals surface area contributed by atoms with Gasteiger partial charge in [-0.25, -0.2) is 0 Å². The molecule has 4 nitrogen and oxygen atoms in total.